The highest BCUT2D eigenvalue weighted by Gasteiger charge is 2.43. The minimum absolute atomic E-state index is 0.195. The Morgan fingerprint density at radius 3 is 2.62 bits per heavy atom. The molecular formula is C17H30FN5O3. The molecule has 26 heavy (non-hydrogen) atoms. The standard InChI is InChI=1S/C17H30FN5O3/c1-10-12(18)4-3-11(17(25)26-2)15(10)20-16(24)13-5-6-14(22-21-13)23-8-7-19-9-23/h10-15,19,21-22H,3-9H2,1-2H3,(H,20,24). The molecule has 0 aromatic heterocycles. The third-order valence-corrected chi connectivity index (χ3v) is 5.94. The maximum absolute atomic E-state index is 14.1. The molecule has 3 rings (SSSR count). The van der Waals surface area contributed by atoms with E-state index < -0.39 is 30.1 Å². The molecule has 0 bridgehead atoms. The van der Waals surface area contributed by atoms with Gasteiger partial charge in [0.25, 0.3) is 0 Å². The van der Waals surface area contributed by atoms with Crippen LogP contribution in [0.15, 0.2) is 0 Å². The Hall–Kier alpha value is -1.29. The molecule has 1 aliphatic carbocycles. The Balaban J connectivity index is 1.56. The van der Waals surface area contributed by atoms with Gasteiger partial charge in [0, 0.05) is 31.7 Å². The first kappa shape index (κ1) is 19.5. The highest BCUT2D eigenvalue weighted by molar-refractivity contribution is 5.83. The normalized spacial score (nSPS) is 38.7. The van der Waals surface area contributed by atoms with Crippen LogP contribution in [0.1, 0.15) is 32.6 Å². The Morgan fingerprint density at radius 1 is 1.19 bits per heavy atom. The zero-order chi connectivity index (χ0) is 18.7. The molecule has 2 saturated heterocycles. The molecule has 1 saturated carbocycles. The van der Waals surface area contributed by atoms with Crippen LogP contribution < -0.4 is 21.5 Å². The van der Waals surface area contributed by atoms with Gasteiger partial charge >= 0.3 is 5.97 Å². The molecule has 3 aliphatic rings. The van der Waals surface area contributed by atoms with E-state index in [0.717, 1.165) is 26.2 Å². The Bertz CT molecular complexity index is 509. The maximum atomic E-state index is 14.1. The number of alkyl halides is 1. The van der Waals surface area contributed by atoms with Crippen LogP contribution in [0.5, 0.6) is 0 Å². The van der Waals surface area contributed by atoms with Gasteiger partial charge in [-0.2, -0.15) is 0 Å². The van der Waals surface area contributed by atoms with E-state index in [-0.39, 0.29) is 18.0 Å². The average Bonchev–Trinajstić information content (AvgIpc) is 3.20. The highest BCUT2D eigenvalue weighted by atomic mass is 19.1. The quantitative estimate of drug-likeness (QED) is 0.494. The number of hydrazine groups is 1. The number of amides is 1. The van der Waals surface area contributed by atoms with Crippen LogP contribution in [0.2, 0.25) is 0 Å². The van der Waals surface area contributed by atoms with Crippen molar-refractivity contribution in [3.8, 4) is 0 Å². The van der Waals surface area contributed by atoms with E-state index >= 15 is 0 Å². The van der Waals surface area contributed by atoms with E-state index in [1.54, 1.807) is 6.92 Å². The summed E-state index contributed by atoms with van der Waals surface area (Å²) in [5.41, 5.74) is 6.28. The first-order chi connectivity index (χ1) is 12.5. The molecule has 0 spiro atoms. The molecule has 1 amide bonds. The van der Waals surface area contributed by atoms with Gasteiger partial charge in [0.2, 0.25) is 5.91 Å². The Labute approximate surface area is 153 Å². The number of ether oxygens (including phenoxy) is 1. The number of esters is 1. The van der Waals surface area contributed by atoms with E-state index in [1.807, 2.05) is 0 Å². The van der Waals surface area contributed by atoms with E-state index in [4.69, 9.17) is 4.74 Å². The largest absolute Gasteiger partial charge is 0.469 e. The summed E-state index contributed by atoms with van der Waals surface area (Å²) in [6, 6.07) is -0.937. The van der Waals surface area contributed by atoms with E-state index in [2.05, 4.69) is 26.4 Å². The first-order valence-electron chi connectivity index (χ1n) is 9.49. The number of hydrogen-bond donors (Lipinski definition) is 4. The van der Waals surface area contributed by atoms with Gasteiger partial charge in [-0.1, -0.05) is 6.92 Å². The number of hydrogen-bond acceptors (Lipinski definition) is 7. The van der Waals surface area contributed by atoms with Crippen molar-refractivity contribution in [1.82, 2.24) is 26.4 Å². The first-order valence-corrected chi connectivity index (χ1v) is 9.49. The number of halogens is 1. The van der Waals surface area contributed by atoms with Crippen molar-refractivity contribution in [1.29, 1.82) is 0 Å². The number of nitrogens with one attached hydrogen (secondary N) is 4. The van der Waals surface area contributed by atoms with Gasteiger partial charge in [-0.05, 0) is 25.7 Å². The molecule has 4 N–H and O–H groups in total. The van der Waals surface area contributed by atoms with Gasteiger partial charge in [0.15, 0.2) is 0 Å². The summed E-state index contributed by atoms with van der Waals surface area (Å²) in [6.07, 6.45) is 1.42. The topological polar surface area (TPSA) is 94.7 Å². The van der Waals surface area contributed by atoms with Crippen molar-refractivity contribution in [2.45, 2.75) is 57.0 Å². The molecular weight excluding hydrogens is 341 g/mol. The predicted octanol–water partition coefficient (Wildman–Crippen LogP) is -0.526. The van der Waals surface area contributed by atoms with Crippen molar-refractivity contribution < 1.29 is 18.7 Å². The number of carbonyl (C=O) groups is 2. The van der Waals surface area contributed by atoms with Crippen molar-refractivity contribution in [3.05, 3.63) is 0 Å². The summed E-state index contributed by atoms with van der Waals surface area (Å²) in [5, 5.41) is 6.20. The molecule has 2 aliphatic heterocycles. The third-order valence-electron chi connectivity index (χ3n) is 5.94. The fourth-order valence-electron chi connectivity index (χ4n) is 4.21. The van der Waals surface area contributed by atoms with Gasteiger partial charge < -0.3 is 15.4 Å². The Kier molecular flexibility index (Phi) is 6.44. The minimum atomic E-state index is -1.02. The van der Waals surface area contributed by atoms with Gasteiger partial charge in [-0.15, -0.1) is 0 Å². The molecule has 0 aromatic carbocycles. The second kappa shape index (κ2) is 8.60. The minimum Gasteiger partial charge on any atom is -0.469 e. The van der Waals surface area contributed by atoms with E-state index in [1.165, 1.54) is 7.11 Å². The van der Waals surface area contributed by atoms with Crippen LogP contribution in [0.4, 0.5) is 4.39 Å². The van der Waals surface area contributed by atoms with Gasteiger partial charge in [0.05, 0.1) is 19.2 Å². The lowest BCUT2D eigenvalue weighted by atomic mass is 9.76. The second-order valence-electron chi connectivity index (χ2n) is 7.52. The summed E-state index contributed by atoms with van der Waals surface area (Å²) >= 11 is 0. The number of carbonyl (C=O) groups excluding carboxylic acids is 2. The third kappa shape index (κ3) is 4.16. The molecule has 148 valence electrons. The molecule has 6 unspecified atom stereocenters. The highest BCUT2D eigenvalue weighted by Crippen LogP contribution is 2.32. The van der Waals surface area contributed by atoms with Crippen LogP contribution in [-0.4, -0.2) is 68.1 Å². The lowest BCUT2D eigenvalue weighted by molar-refractivity contribution is -0.149. The van der Waals surface area contributed by atoms with Gasteiger partial charge in [0.1, 0.15) is 12.2 Å². The van der Waals surface area contributed by atoms with Crippen LogP contribution in [-0.2, 0) is 14.3 Å². The zero-order valence-corrected chi connectivity index (χ0v) is 15.5. The number of nitrogens with zero attached hydrogens (tertiary/aromatic N) is 1. The molecule has 9 heteroatoms. The summed E-state index contributed by atoms with van der Waals surface area (Å²) in [5.74, 6) is -1.50. The SMILES string of the molecule is COC(=O)C1CCC(F)C(C)C1NC(=O)C1CCC(N2CCNC2)NN1. The predicted molar refractivity (Wildman–Crippen MR) is 93.4 cm³/mol. The zero-order valence-electron chi connectivity index (χ0n) is 15.5. The number of methoxy groups -OCH3 is 1. The second-order valence-corrected chi connectivity index (χ2v) is 7.52. The molecule has 3 fully saturated rings. The summed E-state index contributed by atoms with van der Waals surface area (Å²) in [7, 11) is 1.33. The molecule has 2 heterocycles. The molecule has 6 atom stereocenters. The van der Waals surface area contributed by atoms with E-state index in [0.29, 0.717) is 19.3 Å². The molecule has 8 nitrogen and oxygen atoms in total. The van der Waals surface area contributed by atoms with Crippen LogP contribution in [0, 0.1) is 11.8 Å². The van der Waals surface area contributed by atoms with Crippen molar-refractivity contribution in [2.75, 3.05) is 26.9 Å². The fourth-order valence-corrected chi connectivity index (χ4v) is 4.21. The van der Waals surface area contributed by atoms with Crippen molar-refractivity contribution in [2.24, 2.45) is 11.8 Å². The summed E-state index contributed by atoms with van der Waals surface area (Å²) in [4.78, 5) is 27.0. The van der Waals surface area contributed by atoms with Crippen molar-refractivity contribution in [3.63, 3.8) is 0 Å². The lowest BCUT2D eigenvalue weighted by Gasteiger charge is -2.39. The van der Waals surface area contributed by atoms with Gasteiger partial charge in [-0.3, -0.25) is 14.5 Å². The van der Waals surface area contributed by atoms with Crippen LogP contribution in [0.25, 0.3) is 0 Å². The lowest BCUT2D eigenvalue weighted by Crippen LogP contribution is -2.63. The van der Waals surface area contributed by atoms with Crippen LogP contribution in [0.3, 0.4) is 0 Å². The molecule has 0 radical (unpaired) electrons. The average molecular weight is 371 g/mol. The maximum Gasteiger partial charge on any atom is 0.310 e. The fraction of sp³-hybridized carbons (Fsp3) is 0.882. The van der Waals surface area contributed by atoms with Crippen molar-refractivity contribution >= 4 is 11.9 Å². The summed E-state index contributed by atoms with van der Waals surface area (Å²) in [6.45, 7) is 4.54. The van der Waals surface area contributed by atoms with Gasteiger partial charge in [-0.25, -0.2) is 15.2 Å². The monoisotopic (exact) mass is 371 g/mol. The number of rotatable bonds is 4. The van der Waals surface area contributed by atoms with E-state index in [9.17, 15) is 14.0 Å². The summed E-state index contributed by atoms with van der Waals surface area (Å²) < 4.78 is 19.0. The molecule has 0 aromatic rings. The Morgan fingerprint density at radius 2 is 2.00 bits per heavy atom. The smallest absolute Gasteiger partial charge is 0.310 e. The van der Waals surface area contributed by atoms with Crippen LogP contribution >= 0.6 is 0 Å².